The molecule has 0 aliphatic carbocycles. The fourth-order valence-electron chi connectivity index (χ4n) is 0. The minimum absolute atomic E-state index is 0. The molecule has 0 fully saturated rings. The van der Waals surface area contributed by atoms with E-state index in [1.54, 1.807) is 0 Å². The van der Waals surface area contributed by atoms with Crippen LogP contribution < -0.4 is 0 Å². The molecule has 0 aromatic carbocycles. The molecule has 0 saturated carbocycles. The predicted molar refractivity (Wildman–Crippen MR) is 38.7 cm³/mol. The Morgan fingerprint density at radius 2 is 0.556 bits per heavy atom. The van der Waals surface area contributed by atoms with Gasteiger partial charge in [0.05, 0.1) is 0 Å². The quantitative estimate of drug-likeness (QED) is 0.401. The van der Waals surface area contributed by atoms with Crippen LogP contribution in [0.15, 0.2) is 0 Å². The molecule has 2 N–H and O–H groups in total. The molecule has 9 heteroatoms. The number of hydrogen-bond acceptors (Lipinski definition) is 0. The molecule has 68 valence electrons. The van der Waals surface area contributed by atoms with Crippen molar-refractivity contribution in [1.29, 1.82) is 0 Å². The Morgan fingerprint density at radius 1 is 0.556 bits per heavy atom. The van der Waals surface area contributed by atoms with Crippen molar-refractivity contribution in [3.05, 3.63) is 0 Å². The first-order chi connectivity index (χ1) is 3.46. The molecule has 0 aliphatic rings. The van der Waals surface area contributed by atoms with Crippen molar-refractivity contribution in [2.75, 3.05) is 0 Å². The minimum atomic E-state index is -1.92. The average Bonchev–Trinajstić information content (AvgIpc) is 1.25. The molecular weight excluding hydrogens is 613 g/mol. The summed E-state index contributed by atoms with van der Waals surface area (Å²) in [5.41, 5.74) is 0. The van der Waals surface area contributed by atoms with Gasteiger partial charge in [0.25, 0.3) is 0 Å². The van der Waals surface area contributed by atoms with Crippen LogP contribution in [-0.2, 0) is 26.9 Å². The monoisotopic (exact) mass is 614 g/mol. The summed E-state index contributed by atoms with van der Waals surface area (Å²) in [4.78, 5) is 0. The first-order valence-electron chi connectivity index (χ1n) is 0.756. The first kappa shape index (κ1) is 17.9. The van der Waals surface area contributed by atoms with Gasteiger partial charge in [0.2, 0.25) is 0 Å². The van der Waals surface area contributed by atoms with Gasteiger partial charge in [0, 0.05) is 0 Å². The summed E-state index contributed by atoms with van der Waals surface area (Å²) in [6, 6.07) is 0. The van der Waals surface area contributed by atoms with E-state index >= 15 is 0 Å². The molecule has 0 radical (unpaired) electrons. The van der Waals surface area contributed by atoms with Crippen LogP contribution in [0.2, 0.25) is 0 Å². The van der Waals surface area contributed by atoms with E-state index in [0.717, 1.165) is 0 Å². The zero-order valence-electron chi connectivity index (χ0n) is 3.43. The van der Waals surface area contributed by atoms with Crippen LogP contribution in [-0.4, -0.2) is 5.48 Å². The summed E-state index contributed by atoms with van der Waals surface area (Å²) in [5.74, 6) is 0. The standard InChI is InChI=1S/6ClH.2Ir.H2O/h6*1H;;;1H2/q;;;;;;2*+3;/p-6. The normalized spacial score (nSPS) is 10.0. The summed E-state index contributed by atoms with van der Waals surface area (Å²) < 4.78 is 0. The molecule has 1 nitrogen and oxygen atoms in total. The molecular formula is H2Cl6Ir2O. The molecule has 0 unspecified atom stereocenters. The average molecular weight is 615 g/mol. The van der Waals surface area contributed by atoms with E-state index in [1.807, 2.05) is 0 Å². The molecule has 0 aliphatic heterocycles. The first-order valence-corrected chi connectivity index (χ1v) is 18.6. The summed E-state index contributed by atoms with van der Waals surface area (Å²) in [6.45, 7) is 0. The molecule has 0 aromatic rings. The van der Waals surface area contributed by atoms with Gasteiger partial charge in [0.1, 0.15) is 0 Å². The Labute approximate surface area is 88.5 Å². The van der Waals surface area contributed by atoms with Crippen LogP contribution >= 0.6 is 57.5 Å². The van der Waals surface area contributed by atoms with Crippen molar-refractivity contribution in [3.63, 3.8) is 0 Å². The number of rotatable bonds is 0. The molecule has 0 atom stereocenters. The third-order valence-corrected chi connectivity index (χ3v) is 0. The fraction of sp³-hybridized carbons (Fsp3) is 0. The second-order valence-corrected chi connectivity index (χ2v) is 21.0. The Kier molecular flexibility index (Phi) is 27.0. The fourth-order valence-corrected chi connectivity index (χ4v) is 0. The Balaban J connectivity index is -0.0000000720. The van der Waals surface area contributed by atoms with Gasteiger partial charge in [-0.05, 0) is 0 Å². The van der Waals surface area contributed by atoms with E-state index in [-0.39, 0.29) is 5.48 Å². The molecule has 9 heavy (non-hydrogen) atoms. The summed E-state index contributed by atoms with van der Waals surface area (Å²) >= 11 is -3.83. The van der Waals surface area contributed by atoms with Gasteiger partial charge in [-0.15, -0.1) is 0 Å². The van der Waals surface area contributed by atoms with E-state index in [0.29, 0.717) is 0 Å². The molecule has 0 heterocycles. The van der Waals surface area contributed by atoms with Crippen LogP contribution in [0.4, 0.5) is 0 Å². The SMILES string of the molecule is O.[Cl][Ir]([Cl])[Cl].[Cl][Ir]([Cl])[Cl]. The van der Waals surface area contributed by atoms with Crippen LogP contribution in [0.5, 0.6) is 0 Å². The van der Waals surface area contributed by atoms with E-state index in [9.17, 15) is 0 Å². The maximum absolute atomic E-state index is 4.97. The molecule has 0 bridgehead atoms. The van der Waals surface area contributed by atoms with E-state index in [4.69, 9.17) is 57.5 Å². The third-order valence-electron chi connectivity index (χ3n) is 0. The van der Waals surface area contributed by atoms with Crippen molar-refractivity contribution in [2.45, 2.75) is 0 Å². The third kappa shape index (κ3) is 99.0. The maximum atomic E-state index is 4.97. The van der Waals surface area contributed by atoms with Gasteiger partial charge in [-0.25, -0.2) is 0 Å². The molecule has 0 aromatic heterocycles. The Hall–Kier alpha value is 3.00. The van der Waals surface area contributed by atoms with Crippen molar-refractivity contribution < 1.29 is 32.4 Å². The molecule has 0 amide bonds. The second kappa shape index (κ2) is 13.6. The second-order valence-electron chi connectivity index (χ2n) is 0.286. The van der Waals surface area contributed by atoms with E-state index in [2.05, 4.69) is 0 Å². The van der Waals surface area contributed by atoms with Crippen molar-refractivity contribution in [2.24, 2.45) is 0 Å². The summed E-state index contributed by atoms with van der Waals surface area (Å²) in [7, 11) is 29.8. The topological polar surface area (TPSA) is 31.5 Å². The Bertz CT molecular complexity index is 26.5. The van der Waals surface area contributed by atoms with Gasteiger partial charge < -0.3 is 5.48 Å². The van der Waals surface area contributed by atoms with Gasteiger partial charge in [-0.3, -0.25) is 0 Å². The van der Waals surface area contributed by atoms with Crippen LogP contribution in [0.1, 0.15) is 0 Å². The molecule has 0 saturated heterocycles. The van der Waals surface area contributed by atoms with E-state index in [1.165, 1.54) is 0 Å². The summed E-state index contributed by atoms with van der Waals surface area (Å²) in [6.07, 6.45) is 0. The molecule has 0 spiro atoms. The van der Waals surface area contributed by atoms with Gasteiger partial charge in [-0.2, -0.15) is 0 Å². The van der Waals surface area contributed by atoms with Crippen molar-refractivity contribution >= 4 is 57.5 Å². The zero-order valence-corrected chi connectivity index (χ0v) is 12.8. The number of hydrogen-bond donors (Lipinski definition) is 0. The van der Waals surface area contributed by atoms with Gasteiger partial charge in [0.15, 0.2) is 0 Å². The van der Waals surface area contributed by atoms with Crippen LogP contribution in [0.25, 0.3) is 0 Å². The van der Waals surface area contributed by atoms with E-state index < -0.39 is 26.9 Å². The Morgan fingerprint density at radius 3 is 0.556 bits per heavy atom. The summed E-state index contributed by atoms with van der Waals surface area (Å²) in [5, 5.41) is 0. The van der Waals surface area contributed by atoms with Crippen molar-refractivity contribution in [1.82, 2.24) is 0 Å². The predicted octanol–water partition coefficient (Wildman–Crippen LogP) is 3.31. The van der Waals surface area contributed by atoms with Gasteiger partial charge >= 0.3 is 84.4 Å². The van der Waals surface area contributed by atoms with Crippen LogP contribution in [0.3, 0.4) is 0 Å². The van der Waals surface area contributed by atoms with Crippen molar-refractivity contribution in [3.8, 4) is 0 Å². The molecule has 0 rings (SSSR count). The number of halogens is 6. The van der Waals surface area contributed by atoms with Crippen LogP contribution in [0, 0.1) is 0 Å². The zero-order chi connectivity index (χ0) is 7.15. The van der Waals surface area contributed by atoms with Gasteiger partial charge in [-0.1, -0.05) is 0 Å².